The molecule has 4 nitrogen and oxygen atoms in total. The Morgan fingerprint density at radius 3 is 2.38 bits per heavy atom. The third-order valence-electron chi connectivity index (χ3n) is 3.28. The van der Waals surface area contributed by atoms with Gasteiger partial charge in [0.15, 0.2) is 0 Å². The Morgan fingerprint density at radius 2 is 1.83 bits per heavy atom. The molecule has 0 aliphatic carbocycles. The molecule has 0 bridgehead atoms. The molecule has 0 aliphatic rings. The molecule has 24 heavy (non-hydrogen) atoms. The first kappa shape index (κ1) is 16.7. The molecule has 126 valence electrons. The third kappa shape index (κ3) is 3.51. The maximum Gasteiger partial charge on any atom is 0.449 e. The smallest absolute Gasteiger partial charge is 0.333 e. The Kier molecular flexibility index (Phi) is 4.46. The summed E-state index contributed by atoms with van der Waals surface area (Å²) in [4.78, 5) is 6.69. The molecule has 0 fully saturated rings. The Labute approximate surface area is 140 Å². The van der Waals surface area contributed by atoms with E-state index < -0.39 is 22.7 Å². The van der Waals surface area contributed by atoms with Gasteiger partial charge in [0.1, 0.15) is 10.7 Å². The van der Waals surface area contributed by atoms with Crippen molar-refractivity contribution >= 4 is 22.0 Å². The molecule has 2 heterocycles. The molecule has 0 amide bonds. The zero-order valence-electron chi connectivity index (χ0n) is 12.0. The fraction of sp³-hybridized carbons (Fsp3) is 0.133. The van der Waals surface area contributed by atoms with E-state index >= 15 is 0 Å². The average Bonchev–Trinajstić information content (AvgIpc) is 3.16. The molecule has 0 aliphatic heterocycles. The van der Waals surface area contributed by atoms with Gasteiger partial charge in [-0.3, -0.25) is 0 Å². The standard InChI is InChI=1S/C15H11F3N2O2S2/c16-15(17,18)14-19-12(13(20-14)11-2-1-7-23-11)10-5-3-9(4-6-10)8-24(21)22/h1-7,24H,8H2,(H,19,20). The lowest BCUT2D eigenvalue weighted by Gasteiger charge is -2.02. The molecule has 0 saturated heterocycles. The fourth-order valence-corrected chi connectivity index (χ4v) is 3.47. The van der Waals surface area contributed by atoms with Crippen LogP contribution in [0.2, 0.25) is 0 Å². The van der Waals surface area contributed by atoms with E-state index in [4.69, 9.17) is 0 Å². The first-order chi connectivity index (χ1) is 11.3. The normalized spacial score (nSPS) is 12.0. The third-order valence-corrected chi connectivity index (χ3v) is 4.79. The number of alkyl halides is 3. The minimum Gasteiger partial charge on any atom is -0.333 e. The highest BCUT2D eigenvalue weighted by molar-refractivity contribution is 7.71. The number of halogens is 3. The molecule has 3 aromatic rings. The van der Waals surface area contributed by atoms with Gasteiger partial charge in [0.25, 0.3) is 0 Å². The Bertz CT molecular complexity index is 903. The van der Waals surface area contributed by atoms with Crippen LogP contribution in [0.1, 0.15) is 11.4 Å². The van der Waals surface area contributed by atoms with Crippen LogP contribution in [0.25, 0.3) is 21.8 Å². The van der Waals surface area contributed by atoms with Gasteiger partial charge in [0.2, 0.25) is 5.82 Å². The fourth-order valence-electron chi connectivity index (χ4n) is 2.23. The molecule has 0 unspecified atom stereocenters. The average molecular weight is 372 g/mol. The maximum absolute atomic E-state index is 13.0. The second-order valence-electron chi connectivity index (χ2n) is 4.97. The van der Waals surface area contributed by atoms with E-state index in [1.807, 2.05) is 0 Å². The maximum atomic E-state index is 13.0. The number of hydrogen-bond acceptors (Lipinski definition) is 4. The highest BCUT2D eigenvalue weighted by Crippen LogP contribution is 2.37. The summed E-state index contributed by atoms with van der Waals surface area (Å²) in [6.45, 7) is 0. The number of hydrogen-bond donors (Lipinski definition) is 2. The van der Waals surface area contributed by atoms with Crippen LogP contribution in [-0.2, 0) is 22.6 Å². The highest BCUT2D eigenvalue weighted by atomic mass is 32.2. The monoisotopic (exact) mass is 372 g/mol. The van der Waals surface area contributed by atoms with Gasteiger partial charge < -0.3 is 4.98 Å². The molecule has 0 radical (unpaired) electrons. The summed E-state index contributed by atoms with van der Waals surface area (Å²) in [5, 5.41) is 1.76. The zero-order chi connectivity index (χ0) is 17.3. The number of imidazole rings is 1. The lowest BCUT2D eigenvalue weighted by atomic mass is 10.1. The minimum absolute atomic E-state index is 0.109. The largest absolute Gasteiger partial charge is 0.449 e. The van der Waals surface area contributed by atoms with Crippen LogP contribution in [0, 0.1) is 0 Å². The van der Waals surface area contributed by atoms with E-state index in [0.717, 1.165) is 0 Å². The van der Waals surface area contributed by atoms with Crippen molar-refractivity contribution in [1.82, 2.24) is 9.97 Å². The zero-order valence-corrected chi connectivity index (χ0v) is 13.7. The second-order valence-corrected chi connectivity index (χ2v) is 6.90. The second kappa shape index (κ2) is 6.40. The van der Waals surface area contributed by atoms with Crippen LogP contribution in [0.15, 0.2) is 41.8 Å². The minimum atomic E-state index is -4.58. The van der Waals surface area contributed by atoms with Gasteiger partial charge in [0.05, 0.1) is 22.0 Å². The van der Waals surface area contributed by atoms with Crippen LogP contribution in [-0.4, -0.2) is 18.4 Å². The number of aromatic nitrogens is 2. The van der Waals surface area contributed by atoms with E-state index in [9.17, 15) is 21.6 Å². The quantitative estimate of drug-likeness (QED) is 0.682. The van der Waals surface area contributed by atoms with Crippen molar-refractivity contribution in [3.8, 4) is 21.8 Å². The Balaban J connectivity index is 2.07. The van der Waals surface area contributed by atoms with Gasteiger partial charge >= 0.3 is 6.18 Å². The number of rotatable bonds is 4. The van der Waals surface area contributed by atoms with E-state index in [-0.39, 0.29) is 11.4 Å². The van der Waals surface area contributed by atoms with Crippen LogP contribution in [0.4, 0.5) is 13.2 Å². The highest BCUT2D eigenvalue weighted by Gasteiger charge is 2.36. The van der Waals surface area contributed by atoms with Crippen molar-refractivity contribution in [3.63, 3.8) is 0 Å². The molecular formula is C15H11F3N2O2S2. The Hall–Kier alpha value is -2.13. The van der Waals surface area contributed by atoms with Crippen LogP contribution in [0.5, 0.6) is 0 Å². The molecule has 0 atom stereocenters. The molecule has 2 aromatic heterocycles. The van der Waals surface area contributed by atoms with E-state index in [0.29, 0.717) is 21.7 Å². The van der Waals surface area contributed by atoms with Gasteiger partial charge in [0, 0.05) is 5.56 Å². The van der Waals surface area contributed by atoms with Crippen LogP contribution in [0.3, 0.4) is 0 Å². The number of aromatic amines is 1. The van der Waals surface area contributed by atoms with Gasteiger partial charge in [-0.15, -0.1) is 11.3 Å². The van der Waals surface area contributed by atoms with E-state index in [2.05, 4.69) is 9.97 Å². The Morgan fingerprint density at radius 1 is 1.12 bits per heavy atom. The molecule has 1 aromatic carbocycles. The predicted molar refractivity (Wildman–Crippen MR) is 86.4 cm³/mol. The molecule has 3 rings (SSSR count). The van der Waals surface area contributed by atoms with Gasteiger partial charge in [-0.25, -0.2) is 13.4 Å². The topological polar surface area (TPSA) is 62.8 Å². The van der Waals surface area contributed by atoms with Crippen molar-refractivity contribution < 1.29 is 21.6 Å². The number of thiol groups is 1. The molecule has 1 N–H and O–H groups in total. The summed E-state index contributed by atoms with van der Waals surface area (Å²) in [7, 11) is -2.56. The van der Waals surface area contributed by atoms with Crippen molar-refractivity contribution in [2.75, 3.05) is 0 Å². The lowest BCUT2D eigenvalue weighted by molar-refractivity contribution is -0.144. The van der Waals surface area contributed by atoms with Gasteiger partial charge in [-0.1, -0.05) is 30.3 Å². The molecule has 0 saturated carbocycles. The summed E-state index contributed by atoms with van der Waals surface area (Å²) in [5.74, 6) is -1.17. The summed E-state index contributed by atoms with van der Waals surface area (Å²) in [6.07, 6.45) is -4.58. The summed E-state index contributed by atoms with van der Waals surface area (Å²) < 4.78 is 60.5. The summed E-state index contributed by atoms with van der Waals surface area (Å²) in [5.41, 5.74) is 1.52. The van der Waals surface area contributed by atoms with Crippen molar-refractivity contribution in [2.45, 2.75) is 11.9 Å². The van der Waals surface area contributed by atoms with Crippen LogP contribution < -0.4 is 0 Å². The van der Waals surface area contributed by atoms with Crippen LogP contribution >= 0.6 is 11.3 Å². The van der Waals surface area contributed by atoms with Crippen molar-refractivity contribution in [3.05, 3.63) is 53.2 Å². The van der Waals surface area contributed by atoms with Crippen molar-refractivity contribution in [2.24, 2.45) is 0 Å². The number of nitrogens with one attached hydrogen (secondary N) is 1. The molecule has 9 heteroatoms. The number of nitrogens with zero attached hydrogens (tertiary/aromatic N) is 1. The van der Waals surface area contributed by atoms with E-state index in [1.54, 1.807) is 41.8 Å². The first-order valence-electron chi connectivity index (χ1n) is 6.77. The summed E-state index contributed by atoms with van der Waals surface area (Å²) >= 11 is 1.30. The van der Waals surface area contributed by atoms with Gasteiger partial charge in [-0.05, 0) is 17.0 Å². The van der Waals surface area contributed by atoms with Crippen molar-refractivity contribution in [1.29, 1.82) is 0 Å². The predicted octanol–water partition coefficient (Wildman–Crippen LogP) is 3.94. The van der Waals surface area contributed by atoms with Gasteiger partial charge in [-0.2, -0.15) is 13.2 Å². The SMILES string of the molecule is O=[SH](=O)Cc1ccc(-c2nc(C(F)(F)F)[nH]c2-c2cccs2)cc1. The molecular weight excluding hydrogens is 361 g/mol. The lowest BCUT2D eigenvalue weighted by Crippen LogP contribution is -2.07. The first-order valence-corrected chi connectivity index (χ1v) is 9.01. The number of thiophene rings is 1. The number of benzene rings is 1. The van der Waals surface area contributed by atoms with E-state index in [1.165, 1.54) is 11.3 Å². The molecule has 0 spiro atoms. The number of H-pyrrole nitrogens is 1. The summed E-state index contributed by atoms with van der Waals surface area (Å²) in [6, 6.07) is 9.73.